The van der Waals surface area contributed by atoms with Gasteiger partial charge in [-0.15, -0.1) is 0 Å². The van der Waals surface area contributed by atoms with E-state index < -0.39 is 0 Å². The number of carbonyl (C=O) groups excluding carboxylic acids is 3. The Kier molecular flexibility index (Phi) is 10.2. The molecule has 8 nitrogen and oxygen atoms in total. The lowest BCUT2D eigenvalue weighted by Crippen LogP contribution is -2.42. The van der Waals surface area contributed by atoms with Gasteiger partial charge in [-0.2, -0.15) is 0 Å². The van der Waals surface area contributed by atoms with E-state index in [9.17, 15) is 14.4 Å². The Bertz CT molecular complexity index is 1180. The van der Waals surface area contributed by atoms with Crippen LogP contribution < -0.4 is 9.64 Å². The standard InChI is InChI=1S/C32H44N4O4/c1-24(2)33-17-7-18-36(31(39)22-26-11-13-28(40-4)14-12-26)32-25(3)8-5-9-27(32)23-35(21-20-33)30(38)15-19-34-16-6-10-29(34)37/h5,8-9,11-14,24H,6-7,10,15-23H2,1-4H3. The Labute approximate surface area is 238 Å². The number of benzene rings is 2. The smallest absolute Gasteiger partial charge is 0.231 e. The van der Waals surface area contributed by atoms with E-state index in [4.69, 9.17) is 4.74 Å². The molecule has 0 N–H and O–H groups in total. The first-order valence-electron chi connectivity index (χ1n) is 14.6. The predicted octanol–water partition coefficient (Wildman–Crippen LogP) is 4.03. The summed E-state index contributed by atoms with van der Waals surface area (Å²) in [7, 11) is 1.63. The maximum atomic E-state index is 13.9. The zero-order chi connectivity index (χ0) is 28.6. The molecule has 8 heteroatoms. The number of amides is 3. The van der Waals surface area contributed by atoms with Crippen molar-refractivity contribution in [2.24, 2.45) is 0 Å². The minimum absolute atomic E-state index is 0.0430. The molecular weight excluding hydrogens is 504 g/mol. The third kappa shape index (κ3) is 7.42. The van der Waals surface area contributed by atoms with Crippen molar-refractivity contribution in [3.8, 4) is 5.75 Å². The fourth-order valence-corrected chi connectivity index (χ4v) is 5.74. The second-order valence-electron chi connectivity index (χ2n) is 11.2. The van der Waals surface area contributed by atoms with Crippen molar-refractivity contribution in [3.05, 3.63) is 59.2 Å². The zero-order valence-corrected chi connectivity index (χ0v) is 24.5. The van der Waals surface area contributed by atoms with Crippen molar-refractivity contribution in [2.75, 3.05) is 51.3 Å². The lowest BCUT2D eigenvalue weighted by Gasteiger charge is -2.30. The van der Waals surface area contributed by atoms with E-state index in [1.807, 2.05) is 64.1 Å². The van der Waals surface area contributed by atoms with Crippen molar-refractivity contribution >= 4 is 23.4 Å². The van der Waals surface area contributed by atoms with Gasteiger partial charge in [0.05, 0.1) is 19.2 Å². The molecular formula is C32H44N4O4. The Balaban J connectivity index is 1.61. The number of hydrogen-bond donors (Lipinski definition) is 0. The molecule has 0 atom stereocenters. The van der Waals surface area contributed by atoms with E-state index in [-0.39, 0.29) is 24.1 Å². The van der Waals surface area contributed by atoms with Gasteiger partial charge < -0.3 is 19.4 Å². The summed E-state index contributed by atoms with van der Waals surface area (Å²) >= 11 is 0. The average Bonchev–Trinajstić information content (AvgIpc) is 3.34. The second kappa shape index (κ2) is 13.8. The number of likely N-dealkylation sites (tertiary alicyclic amines) is 1. The topological polar surface area (TPSA) is 73.4 Å². The summed E-state index contributed by atoms with van der Waals surface area (Å²) < 4.78 is 5.28. The summed E-state index contributed by atoms with van der Waals surface area (Å²) in [5, 5.41) is 0. The zero-order valence-electron chi connectivity index (χ0n) is 24.5. The maximum Gasteiger partial charge on any atom is 0.231 e. The van der Waals surface area contributed by atoms with E-state index in [1.54, 1.807) is 7.11 Å². The van der Waals surface area contributed by atoms with Crippen LogP contribution in [0.4, 0.5) is 5.69 Å². The summed E-state index contributed by atoms with van der Waals surface area (Å²) in [5.41, 5.74) is 3.85. The molecule has 0 unspecified atom stereocenters. The molecule has 0 aliphatic carbocycles. The Hall–Kier alpha value is -3.39. The van der Waals surface area contributed by atoms with Gasteiger partial charge in [0, 0.05) is 64.7 Å². The molecule has 0 bridgehead atoms. The van der Waals surface area contributed by atoms with E-state index in [1.165, 1.54) is 0 Å². The first kappa shape index (κ1) is 29.6. The highest BCUT2D eigenvalue weighted by atomic mass is 16.5. The van der Waals surface area contributed by atoms with Crippen LogP contribution in [0.5, 0.6) is 5.75 Å². The number of hydrogen-bond acceptors (Lipinski definition) is 5. The average molecular weight is 549 g/mol. The largest absolute Gasteiger partial charge is 0.497 e. The quantitative estimate of drug-likeness (QED) is 0.522. The summed E-state index contributed by atoms with van der Waals surface area (Å²) in [4.78, 5) is 47.6. The van der Waals surface area contributed by atoms with Gasteiger partial charge in [-0.1, -0.05) is 30.3 Å². The SMILES string of the molecule is COc1ccc(CC(=O)N2CCCN(C(C)C)CCN(C(=O)CCN3CCCC3=O)Cc3cccc(C)c32)cc1. The Morgan fingerprint density at radius 3 is 2.38 bits per heavy atom. The maximum absolute atomic E-state index is 13.9. The minimum Gasteiger partial charge on any atom is -0.497 e. The fourth-order valence-electron chi connectivity index (χ4n) is 5.74. The predicted molar refractivity (Wildman–Crippen MR) is 157 cm³/mol. The summed E-state index contributed by atoms with van der Waals surface area (Å²) in [6.07, 6.45) is 2.89. The second-order valence-corrected chi connectivity index (χ2v) is 11.2. The molecule has 2 aromatic carbocycles. The number of carbonyl (C=O) groups is 3. The summed E-state index contributed by atoms with van der Waals surface area (Å²) in [6.45, 7) is 10.9. The fraction of sp³-hybridized carbons (Fsp3) is 0.531. The van der Waals surface area contributed by atoms with Crippen LogP contribution in [0.15, 0.2) is 42.5 Å². The number of aryl methyl sites for hydroxylation is 1. The van der Waals surface area contributed by atoms with Crippen molar-refractivity contribution in [3.63, 3.8) is 0 Å². The number of methoxy groups -OCH3 is 1. The van der Waals surface area contributed by atoms with Crippen molar-refractivity contribution < 1.29 is 19.1 Å². The van der Waals surface area contributed by atoms with Crippen molar-refractivity contribution in [1.82, 2.24) is 14.7 Å². The number of para-hydroxylation sites is 1. The molecule has 0 spiro atoms. The van der Waals surface area contributed by atoms with E-state index in [0.29, 0.717) is 45.1 Å². The van der Waals surface area contributed by atoms with E-state index >= 15 is 0 Å². The lowest BCUT2D eigenvalue weighted by molar-refractivity contribution is -0.133. The van der Waals surface area contributed by atoms with Gasteiger partial charge in [-0.3, -0.25) is 19.3 Å². The van der Waals surface area contributed by atoms with Crippen molar-refractivity contribution in [2.45, 2.75) is 65.5 Å². The third-order valence-electron chi connectivity index (χ3n) is 8.10. The lowest BCUT2D eigenvalue weighted by atomic mass is 10.0. The Morgan fingerprint density at radius 2 is 1.70 bits per heavy atom. The highest BCUT2D eigenvalue weighted by Gasteiger charge is 2.27. The van der Waals surface area contributed by atoms with Crippen LogP contribution in [-0.2, 0) is 27.3 Å². The van der Waals surface area contributed by atoms with Gasteiger partial charge in [0.15, 0.2) is 0 Å². The molecule has 2 heterocycles. The number of rotatable bonds is 7. The highest BCUT2D eigenvalue weighted by Crippen LogP contribution is 2.29. The molecule has 1 saturated heterocycles. The molecule has 1 fully saturated rings. The molecule has 0 saturated carbocycles. The van der Waals surface area contributed by atoms with Gasteiger partial charge in [-0.25, -0.2) is 0 Å². The molecule has 0 aromatic heterocycles. The van der Waals surface area contributed by atoms with Gasteiger partial charge in [-0.05, 0) is 62.4 Å². The van der Waals surface area contributed by atoms with Gasteiger partial charge in [0.1, 0.15) is 5.75 Å². The highest BCUT2D eigenvalue weighted by molar-refractivity contribution is 5.96. The molecule has 40 heavy (non-hydrogen) atoms. The van der Waals surface area contributed by atoms with Gasteiger partial charge in [0.2, 0.25) is 17.7 Å². The van der Waals surface area contributed by atoms with Crippen LogP contribution in [0, 0.1) is 6.92 Å². The first-order chi connectivity index (χ1) is 19.3. The number of anilines is 1. The van der Waals surface area contributed by atoms with Crippen LogP contribution in [0.25, 0.3) is 0 Å². The van der Waals surface area contributed by atoms with Crippen LogP contribution in [0.2, 0.25) is 0 Å². The van der Waals surface area contributed by atoms with E-state index in [0.717, 1.165) is 60.6 Å². The molecule has 4 rings (SSSR count). The van der Waals surface area contributed by atoms with Gasteiger partial charge >= 0.3 is 0 Å². The Morgan fingerprint density at radius 1 is 0.925 bits per heavy atom. The van der Waals surface area contributed by atoms with E-state index in [2.05, 4.69) is 18.7 Å². The molecule has 3 amide bonds. The molecule has 2 aromatic rings. The first-order valence-corrected chi connectivity index (χ1v) is 14.6. The monoisotopic (exact) mass is 548 g/mol. The molecule has 216 valence electrons. The minimum atomic E-state index is 0.0430. The summed E-state index contributed by atoms with van der Waals surface area (Å²) in [6, 6.07) is 14.1. The normalized spacial score (nSPS) is 17.1. The molecule has 2 aliphatic heterocycles. The van der Waals surface area contributed by atoms with Crippen LogP contribution in [0.3, 0.4) is 0 Å². The number of ether oxygens (including phenoxy) is 1. The number of fused-ring (bicyclic) bond motifs is 1. The van der Waals surface area contributed by atoms with Crippen molar-refractivity contribution in [1.29, 1.82) is 0 Å². The summed E-state index contributed by atoms with van der Waals surface area (Å²) in [5.74, 6) is 0.996. The van der Waals surface area contributed by atoms with Crippen LogP contribution in [-0.4, -0.2) is 84.8 Å². The van der Waals surface area contributed by atoms with Crippen LogP contribution in [0.1, 0.15) is 56.2 Å². The van der Waals surface area contributed by atoms with Crippen LogP contribution >= 0.6 is 0 Å². The third-order valence-corrected chi connectivity index (χ3v) is 8.10. The van der Waals surface area contributed by atoms with Gasteiger partial charge in [0.25, 0.3) is 0 Å². The molecule has 2 aliphatic rings. The number of nitrogens with zero attached hydrogens (tertiary/aromatic N) is 4. The molecule has 0 radical (unpaired) electrons.